The van der Waals surface area contributed by atoms with Crippen LogP contribution in [-0.2, 0) is 52.3 Å². The highest BCUT2D eigenvalue weighted by Gasteiger charge is 2.33. The van der Waals surface area contributed by atoms with Crippen LogP contribution in [0, 0.1) is 0 Å². The van der Waals surface area contributed by atoms with Crippen LogP contribution in [0.1, 0.15) is 112 Å². The molecule has 0 aliphatic carbocycles. The standard InChI is InChI=1S/C26H50N3O13P/c1-7-9-11-13-15-17-19-34-25(31)36-22(4)39-41-43(33,28-24(27)29(6)38-21(3)30)42-40-23(5)37-26(32)35-20-18-16-14-12-10-8-2/h22-23H,7-20H2,1-6H3,(H2,27,28,33). The molecule has 0 amide bonds. The Labute approximate surface area is 254 Å². The first-order valence-electron chi connectivity index (χ1n) is 14.7. The number of rotatable bonds is 23. The van der Waals surface area contributed by atoms with Crippen molar-refractivity contribution in [3.63, 3.8) is 0 Å². The van der Waals surface area contributed by atoms with E-state index in [0.29, 0.717) is 17.9 Å². The van der Waals surface area contributed by atoms with E-state index < -0.39 is 44.6 Å². The van der Waals surface area contributed by atoms with Crippen molar-refractivity contribution in [3.8, 4) is 0 Å². The number of hydrogen-bond acceptors (Lipinski definition) is 13. The molecule has 2 N–H and O–H groups in total. The van der Waals surface area contributed by atoms with Gasteiger partial charge in [-0.2, -0.15) is 14.8 Å². The van der Waals surface area contributed by atoms with Crippen LogP contribution in [-0.4, -0.2) is 62.1 Å². The number of carbonyl (C=O) groups is 3. The van der Waals surface area contributed by atoms with Crippen molar-refractivity contribution in [1.29, 1.82) is 0 Å². The summed E-state index contributed by atoms with van der Waals surface area (Å²) in [5.74, 6) is -1.41. The van der Waals surface area contributed by atoms with Crippen LogP contribution in [0.4, 0.5) is 9.59 Å². The molecule has 17 heteroatoms. The molecule has 0 aliphatic rings. The van der Waals surface area contributed by atoms with E-state index in [1.807, 2.05) is 0 Å². The van der Waals surface area contributed by atoms with Gasteiger partial charge in [0.25, 0.3) is 0 Å². The summed E-state index contributed by atoms with van der Waals surface area (Å²) in [5.41, 5.74) is 5.68. The minimum Gasteiger partial charge on any atom is -0.434 e. The molecule has 0 aromatic rings. The maximum Gasteiger partial charge on any atom is 0.511 e. The molecule has 2 atom stereocenters. The Balaban J connectivity index is 4.87. The summed E-state index contributed by atoms with van der Waals surface area (Å²) in [7, 11) is -3.64. The number of carbonyl (C=O) groups excluding carboxylic acids is 3. The fourth-order valence-corrected chi connectivity index (χ4v) is 4.09. The van der Waals surface area contributed by atoms with Crippen LogP contribution in [0.15, 0.2) is 4.76 Å². The molecule has 0 rings (SSSR count). The van der Waals surface area contributed by atoms with Crippen LogP contribution in [0.5, 0.6) is 0 Å². The number of hydrogen-bond donors (Lipinski definition) is 1. The number of ether oxygens (including phenoxy) is 4. The van der Waals surface area contributed by atoms with Gasteiger partial charge < -0.3 is 29.5 Å². The Morgan fingerprint density at radius 1 is 0.744 bits per heavy atom. The van der Waals surface area contributed by atoms with Crippen molar-refractivity contribution >= 4 is 32.0 Å². The Hall–Kier alpha value is -2.65. The average Bonchev–Trinajstić information content (AvgIpc) is 2.94. The summed E-state index contributed by atoms with van der Waals surface area (Å²) in [5, 5.41) is 0.667. The van der Waals surface area contributed by atoms with Crippen LogP contribution in [0.2, 0.25) is 0 Å². The molecule has 0 saturated heterocycles. The van der Waals surface area contributed by atoms with Crippen LogP contribution in [0.3, 0.4) is 0 Å². The number of nitrogens with zero attached hydrogens (tertiary/aromatic N) is 2. The van der Waals surface area contributed by atoms with Gasteiger partial charge in [0.2, 0.25) is 18.5 Å². The minimum absolute atomic E-state index is 0.149. The van der Waals surface area contributed by atoms with Crippen LogP contribution < -0.4 is 5.73 Å². The molecule has 252 valence electrons. The zero-order valence-electron chi connectivity index (χ0n) is 26.3. The van der Waals surface area contributed by atoms with E-state index in [1.54, 1.807) is 0 Å². The monoisotopic (exact) mass is 643 g/mol. The van der Waals surface area contributed by atoms with E-state index in [2.05, 4.69) is 18.6 Å². The van der Waals surface area contributed by atoms with Crippen molar-refractivity contribution in [1.82, 2.24) is 5.06 Å². The molecule has 0 spiro atoms. The highest BCUT2D eigenvalue weighted by molar-refractivity contribution is 7.52. The summed E-state index contributed by atoms with van der Waals surface area (Å²) >= 11 is 0. The average molecular weight is 644 g/mol. The lowest BCUT2D eigenvalue weighted by Gasteiger charge is -2.20. The van der Waals surface area contributed by atoms with E-state index in [4.69, 9.17) is 48.6 Å². The maximum absolute atomic E-state index is 13.2. The van der Waals surface area contributed by atoms with Crippen LogP contribution >= 0.6 is 7.75 Å². The minimum atomic E-state index is -4.83. The highest BCUT2D eigenvalue weighted by atomic mass is 31.2. The van der Waals surface area contributed by atoms with Crippen molar-refractivity contribution < 1.29 is 61.9 Å². The summed E-state index contributed by atoms with van der Waals surface area (Å²) in [6.07, 6.45) is 7.07. The molecule has 0 fully saturated rings. The molecule has 0 bridgehead atoms. The summed E-state index contributed by atoms with van der Waals surface area (Å²) in [6, 6.07) is 0. The molecule has 0 aromatic heterocycles. The van der Waals surface area contributed by atoms with Gasteiger partial charge in [-0.1, -0.05) is 78.1 Å². The van der Waals surface area contributed by atoms with Gasteiger partial charge in [-0.15, -0.1) is 14.1 Å². The smallest absolute Gasteiger partial charge is 0.434 e. The first-order valence-corrected chi connectivity index (χ1v) is 16.2. The van der Waals surface area contributed by atoms with Crippen molar-refractivity contribution in [2.45, 2.75) is 124 Å². The van der Waals surface area contributed by atoms with E-state index in [0.717, 1.165) is 71.1 Å². The lowest BCUT2D eigenvalue weighted by molar-refractivity contribution is -0.345. The van der Waals surface area contributed by atoms with Gasteiger partial charge >= 0.3 is 26.0 Å². The largest absolute Gasteiger partial charge is 0.511 e. The molecule has 0 aliphatic heterocycles. The number of hydroxylamine groups is 2. The first kappa shape index (κ1) is 40.4. The second-order valence-corrected chi connectivity index (χ2v) is 10.9. The van der Waals surface area contributed by atoms with E-state index in [-0.39, 0.29) is 13.2 Å². The molecule has 0 saturated carbocycles. The molecule has 0 aromatic carbocycles. The lowest BCUT2D eigenvalue weighted by atomic mass is 10.1. The molecular weight excluding hydrogens is 593 g/mol. The van der Waals surface area contributed by atoms with Gasteiger partial charge in [-0.25, -0.2) is 14.2 Å². The Bertz CT molecular complexity index is 816. The van der Waals surface area contributed by atoms with Crippen LogP contribution in [0.25, 0.3) is 0 Å². The fourth-order valence-electron chi connectivity index (χ4n) is 3.16. The summed E-state index contributed by atoms with van der Waals surface area (Å²) in [6.45, 7) is 8.12. The van der Waals surface area contributed by atoms with Gasteiger partial charge in [0.15, 0.2) is 0 Å². The third-order valence-electron chi connectivity index (χ3n) is 5.32. The van der Waals surface area contributed by atoms with Gasteiger partial charge in [0, 0.05) is 27.8 Å². The molecule has 0 radical (unpaired) electrons. The van der Waals surface area contributed by atoms with E-state index >= 15 is 0 Å². The first-order chi connectivity index (χ1) is 20.4. The normalized spacial score (nSPS) is 14.2. The SMILES string of the molecule is CCCCCCCCOC(=O)OC(C)OOP(=O)(/N=C(/N)N(C)OC(C)=O)OOC(C)OC(=O)OCCCCCCCC. The summed E-state index contributed by atoms with van der Waals surface area (Å²) < 4.78 is 45.9. The van der Waals surface area contributed by atoms with E-state index in [1.165, 1.54) is 20.9 Å². The number of unbranched alkanes of at least 4 members (excludes halogenated alkanes) is 10. The predicted molar refractivity (Wildman–Crippen MR) is 154 cm³/mol. The zero-order chi connectivity index (χ0) is 32.5. The van der Waals surface area contributed by atoms with Crippen molar-refractivity contribution in [3.05, 3.63) is 0 Å². The maximum atomic E-state index is 13.2. The van der Waals surface area contributed by atoms with E-state index in [9.17, 15) is 18.9 Å². The Morgan fingerprint density at radius 2 is 1.14 bits per heavy atom. The highest BCUT2D eigenvalue weighted by Crippen LogP contribution is 2.51. The molecule has 2 unspecified atom stereocenters. The number of nitrogens with two attached hydrogens (primary N) is 1. The Kier molecular flexibility index (Phi) is 23.2. The van der Waals surface area contributed by atoms with Crippen molar-refractivity contribution in [2.24, 2.45) is 10.5 Å². The number of guanidine groups is 1. The quantitative estimate of drug-likeness (QED) is 0.0187. The van der Waals surface area contributed by atoms with Gasteiger partial charge in [-0.3, -0.25) is 4.79 Å². The van der Waals surface area contributed by atoms with Gasteiger partial charge in [-0.05, 0) is 12.8 Å². The van der Waals surface area contributed by atoms with Gasteiger partial charge in [0.1, 0.15) is 0 Å². The Morgan fingerprint density at radius 3 is 1.53 bits per heavy atom. The fraction of sp³-hybridized carbons (Fsp3) is 0.846. The van der Waals surface area contributed by atoms with Gasteiger partial charge in [0.05, 0.1) is 13.2 Å². The predicted octanol–water partition coefficient (Wildman–Crippen LogP) is 6.43. The second kappa shape index (κ2) is 24.8. The third-order valence-corrected chi connectivity index (χ3v) is 6.32. The molecule has 0 heterocycles. The van der Waals surface area contributed by atoms with Crippen molar-refractivity contribution in [2.75, 3.05) is 20.3 Å². The zero-order valence-corrected chi connectivity index (χ0v) is 27.2. The molecule has 43 heavy (non-hydrogen) atoms. The lowest BCUT2D eigenvalue weighted by Crippen LogP contribution is -2.35. The summed E-state index contributed by atoms with van der Waals surface area (Å²) in [4.78, 5) is 49.3. The topological polar surface area (TPSA) is 193 Å². The molecular formula is C26H50N3O13P. The molecule has 16 nitrogen and oxygen atoms in total. The second-order valence-electron chi connectivity index (χ2n) is 9.45. The third kappa shape index (κ3) is 23.5.